The van der Waals surface area contributed by atoms with E-state index >= 15 is 0 Å². The van der Waals surface area contributed by atoms with Crippen molar-refractivity contribution in [2.45, 2.75) is 30.3 Å². The number of nitriles is 1. The molecule has 6 nitrogen and oxygen atoms in total. The van der Waals surface area contributed by atoms with Crippen molar-refractivity contribution in [3.63, 3.8) is 0 Å². The third kappa shape index (κ3) is 4.10. The molecule has 1 saturated carbocycles. The van der Waals surface area contributed by atoms with Crippen LogP contribution in [0.15, 0.2) is 47.4 Å². The van der Waals surface area contributed by atoms with Crippen LogP contribution in [-0.2, 0) is 16.6 Å². The summed E-state index contributed by atoms with van der Waals surface area (Å²) in [6.45, 7) is 0.389. The Hall–Kier alpha value is -2.56. The van der Waals surface area contributed by atoms with E-state index in [1.807, 2.05) is 12.1 Å². The van der Waals surface area contributed by atoms with E-state index in [-0.39, 0.29) is 10.9 Å². The van der Waals surface area contributed by atoms with Crippen molar-refractivity contribution in [2.75, 3.05) is 12.4 Å². The van der Waals surface area contributed by atoms with Crippen LogP contribution in [0, 0.1) is 11.3 Å². The molecule has 0 heterocycles. The molecule has 0 aliphatic heterocycles. The van der Waals surface area contributed by atoms with Crippen molar-refractivity contribution in [1.29, 1.82) is 5.26 Å². The monoisotopic (exact) mass is 357 g/mol. The van der Waals surface area contributed by atoms with Crippen LogP contribution < -0.4 is 14.8 Å². The van der Waals surface area contributed by atoms with E-state index in [4.69, 9.17) is 10.00 Å². The minimum absolute atomic E-state index is 0.0472. The summed E-state index contributed by atoms with van der Waals surface area (Å²) in [5.41, 5.74) is 1.97. The highest BCUT2D eigenvalue weighted by molar-refractivity contribution is 7.89. The molecule has 2 aromatic rings. The van der Waals surface area contributed by atoms with Crippen LogP contribution in [0.1, 0.15) is 24.0 Å². The largest absolute Gasteiger partial charge is 0.495 e. The second-order valence-corrected chi connectivity index (χ2v) is 7.59. The molecule has 2 aromatic carbocycles. The first-order valence-corrected chi connectivity index (χ1v) is 9.44. The maximum absolute atomic E-state index is 12.4. The molecule has 0 aromatic heterocycles. The Morgan fingerprint density at radius 2 is 2.00 bits per heavy atom. The zero-order valence-electron chi connectivity index (χ0n) is 13.8. The number of hydrogen-bond donors (Lipinski definition) is 2. The summed E-state index contributed by atoms with van der Waals surface area (Å²) in [7, 11) is -2.01. The van der Waals surface area contributed by atoms with Crippen LogP contribution in [0.4, 0.5) is 5.69 Å². The molecule has 0 atom stereocenters. The zero-order chi connectivity index (χ0) is 17.9. The minimum atomic E-state index is -3.54. The zero-order valence-corrected chi connectivity index (χ0v) is 14.6. The predicted octanol–water partition coefficient (Wildman–Crippen LogP) is 2.62. The Kier molecular flexibility index (Phi) is 4.93. The van der Waals surface area contributed by atoms with Gasteiger partial charge >= 0.3 is 0 Å². The summed E-state index contributed by atoms with van der Waals surface area (Å²) in [6.07, 6.45) is 1.76. The Balaban J connectivity index is 1.84. The molecule has 0 amide bonds. The highest BCUT2D eigenvalue weighted by Crippen LogP contribution is 2.29. The van der Waals surface area contributed by atoms with Gasteiger partial charge in [0.15, 0.2) is 0 Å². The molecule has 0 unspecified atom stereocenters. The smallest absolute Gasteiger partial charge is 0.240 e. The van der Waals surface area contributed by atoms with Gasteiger partial charge in [0.2, 0.25) is 10.0 Å². The SMILES string of the molecule is COc1ccc(S(=O)(=O)NC2CC2)cc1NCc1ccccc1C#N. The molecular formula is C18H19N3O3S. The summed E-state index contributed by atoms with van der Waals surface area (Å²) in [6, 6.07) is 14.2. The van der Waals surface area contributed by atoms with Gasteiger partial charge in [-0.25, -0.2) is 13.1 Å². The van der Waals surface area contributed by atoms with E-state index < -0.39 is 10.0 Å². The van der Waals surface area contributed by atoms with Crippen LogP contribution in [-0.4, -0.2) is 21.6 Å². The van der Waals surface area contributed by atoms with Gasteiger partial charge in [-0.2, -0.15) is 5.26 Å². The molecule has 0 spiro atoms. The highest BCUT2D eigenvalue weighted by atomic mass is 32.2. The first-order chi connectivity index (χ1) is 12.0. The molecule has 2 N–H and O–H groups in total. The number of nitrogens with one attached hydrogen (secondary N) is 2. The van der Waals surface area contributed by atoms with Gasteiger partial charge in [0.05, 0.1) is 29.3 Å². The fourth-order valence-corrected chi connectivity index (χ4v) is 3.79. The van der Waals surface area contributed by atoms with Crippen molar-refractivity contribution in [3.8, 4) is 11.8 Å². The predicted molar refractivity (Wildman–Crippen MR) is 94.8 cm³/mol. The van der Waals surface area contributed by atoms with Crippen molar-refractivity contribution in [3.05, 3.63) is 53.6 Å². The normalized spacial score (nSPS) is 13.9. The lowest BCUT2D eigenvalue weighted by Crippen LogP contribution is -2.25. The number of sulfonamides is 1. The standard InChI is InChI=1S/C18H19N3O3S/c1-24-18-9-8-16(25(22,23)21-15-6-7-15)10-17(18)20-12-14-5-3-2-4-13(14)11-19/h2-5,8-10,15,20-21H,6-7,12H2,1H3. The lowest BCUT2D eigenvalue weighted by Gasteiger charge is -2.14. The number of methoxy groups -OCH3 is 1. The average molecular weight is 357 g/mol. The van der Waals surface area contributed by atoms with Crippen molar-refractivity contribution in [1.82, 2.24) is 4.72 Å². The maximum Gasteiger partial charge on any atom is 0.240 e. The molecule has 0 radical (unpaired) electrons. The molecule has 7 heteroatoms. The number of benzene rings is 2. The van der Waals surface area contributed by atoms with E-state index in [0.29, 0.717) is 23.5 Å². The van der Waals surface area contributed by atoms with Gasteiger partial charge in [0.1, 0.15) is 5.75 Å². The molecule has 25 heavy (non-hydrogen) atoms. The summed E-state index contributed by atoms with van der Waals surface area (Å²) in [5.74, 6) is 0.541. The van der Waals surface area contributed by atoms with Gasteiger partial charge in [-0.05, 0) is 42.7 Å². The Morgan fingerprint density at radius 1 is 1.24 bits per heavy atom. The van der Waals surface area contributed by atoms with Gasteiger partial charge in [-0.15, -0.1) is 0 Å². The molecule has 130 valence electrons. The Bertz CT molecular complexity index is 915. The van der Waals surface area contributed by atoms with Crippen LogP contribution in [0.3, 0.4) is 0 Å². The second-order valence-electron chi connectivity index (χ2n) is 5.88. The average Bonchev–Trinajstić information content (AvgIpc) is 3.43. The van der Waals surface area contributed by atoms with Crippen molar-refractivity contribution >= 4 is 15.7 Å². The van der Waals surface area contributed by atoms with Crippen LogP contribution in [0.5, 0.6) is 5.75 Å². The van der Waals surface area contributed by atoms with Crippen molar-refractivity contribution < 1.29 is 13.2 Å². The minimum Gasteiger partial charge on any atom is -0.495 e. The lowest BCUT2D eigenvalue weighted by molar-refractivity contribution is 0.416. The van der Waals surface area contributed by atoms with Crippen LogP contribution >= 0.6 is 0 Å². The fraction of sp³-hybridized carbons (Fsp3) is 0.278. The lowest BCUT2D eigenvalue weighted by atomic mass is 10.1. The number of hydrogen-bond acceptors (Lipinski definition) is 5. The third-order valence-electron chi connectivity index (χ3n) is 3.99. The number of ether oxygens (including phenoxy) is 1. The molecule has 3 rings (SSSR count). The fourth-order valence-electron chi connectivity index (χ4n) is 2.46. The molecule has 1 aliphatic rings. The van der Waals surface area contributed by atoms with E-state index in [2.05, 4.69) is 16.1 Å². The van der Waals surface area contributed by atoms with Gasteiger partial charge in [0.25, 0.3) is 0 Å². The Labute approximate surface area is 147 Å². The van der Waals surface area contributed by atoms with E-state index in [0.717, 1.165) is 18.4 Å². The van der Waals surface area contributed by atoms with Crippen LogP contribution in [0.25, 0.3) is 0 Å². The number of nitrogens with zero attached hydrogens (tertiary/aromatic N) is 1. The van der Waals surface area contributed by atoms with E-state index in [1.165, 1.54) is 13.2 Å². The second kappa shape index (κ2) is 7.13. The van der Waals surface area contributed by atoms with Gasteiger partial charge in [-0.3, -0.25) is 0 Å². The summed E-state index contributed by atoms with van der Waals surface area (Å²) in [5, 5.41) is 12.3. The van der Waals surface area contributed by atoms with Gasteiger partial charge < -0.3 is 10.1 Å². The van der Waals surface area contributed by atoms with Gasteiger partial charge in [-0.1, -0.05) is 18.2 Å². The van der Waals surface area contributed by atoms with E-state index in [9.17, 15) is 8.42 Å². The number of anilines is 1. The molecule has 0 saturated heterocycles. The molecule has 1 fully saturated rings. The summed E-state index contributed by atoms with van der Waals surface area (Å²) < 4.78 is 32.7. The molecule has 1 aliphatic carbocycles. The van der Waals surface area contributed by atoms with Crippen LogP contribution in [0.2, 0.25) is 0 Å². The first kappa shape index (κ1) is 17.3. The third-order valence-corrected chi connectivity index (χ3v) is 5.51. The maximum atomic E-state index is 12.4. The first-order valence-electron chi connectivity index (χ1n) is 7.96. The van der Waals surface area contributed by atoms with E-state index in [1.54, 1.807) is 24.3 Å². The number of rotatable bonds is 7. The topological polar surface area (TPSA) is 91.2 Å². The van der Waals surface area contributed by atoms with Crippen molar-refractivity contribution in [2.24, 2.45) is 0 Å². The summed E-state index contributed by atoms with van der Waals surface area (Å²) >= 11 is 0. The quantitative estimate of drug-likeness (QED) is 0.795. The van der Waals surface area contributed by atoms with Gasteiger partial charge in [0, 0.05) is 12.6 Å². The molecular weight excluding hydrogens is 338 g/mol. The highest BCUT2D eigenvalue weighted by Gasteiger charge is 2.28. The Morgan fingerprint density at radius 3 is 2.68 bits per heavy atom. The summed E-state index contributed by atoms with van der Waals surface area (Å²) in [4.78, 5) is 0.191. The molecule has 0 bridgehead atoms.